The first-order chi connectivity index (χ1) is 12.1. The lowest BCUT2D eigenvalue weighted by atomic mass is 10.1. The summed E-state index contributed by atoms with van der Waals surface area (Å²) in [7, 11) is 3.12. The lowest BCUT2D eigenvalue weighted by molar-refractivity contribution is -0.126. The van der Waals surface area contributed by atoms with Crippen LogP contribution in [0.3, 0.4) is 0 Å². The molecule has 7 heteroatoms. The quantitative estimate of drug-likeness (QED) is 0.654. The number of methoxy groups -OCH3 is 2. The topological polar surface area (TPSA) is 79.9 Å². The van der Waals surface area contributed by atoms with Gasteiger partial charge in [0.15, 0.2) is 0 Å². The van der Waals surface area contributed by atoms with Crippen LogP contribution < -0.4 is 25.0 Å². The van der Waals surface area contributed by atoms with Gasteiger partial charge in [0, 0.05) is 32.1 Å². The van der Waals surface area contributed by atoms with Crippen LogP contribution in [0.25, 0.3) is 0 Å². The highest BCUT2D eigenvalue weighted by Crippen LogP contribution is 2.35. The number of hydrogen-bond acceptors (Lipinski definition) is 5. The van der Waals surface area contributed by atoms with E-state index in [1.54, 1.807) is 37.3 Å². The third-order valence-corrected chi connectivity index (χ3v) is 4.20. The minimum absolute atomic E-state index is 0.0762. The molecule has 25 heavy (non-hydrogen) atoms. The first-order valence-electron chi connectivity index (χ1n) is 8.61. The van der Waals surface area contributed by atoms with Crippen LogP contribution in [0.15, 0.2) is 18.2 Å². The van der Waals surface area contributed by atoms with Gasteiger partial charge in [-0.1, -0.05) is 6.92 Å². The van der Waals surface area contributed by atoms with Crippen molar-refractivity contribution in [2.45, 2.75) is 19.8 Å². The van der Waals surface area contributed by atoms with Crippen molar-refractivity contribution >= 4 is 17.5 Å². The SMILES string of the molecule is CCCNCCNC(=O)C1CC(=O)N(c2ccc(OC)cc2OC)C1. The summed E-state index contributed by atoms with van der Waals surface area (Å²) in [6, 6.07) is 5.29. The van der Waals surface area contributed by atoms with E-state index in [1.165, 1.54) is 0 Å². The van der Waals surface area contributed by atoms with E-state index in [4.69, 9.17) is 9.47 Å². The smallest absolute Gasteiger partial charge is 0.227 e. The highest BCUT2D eigenvalue weighted by Gasteiger charge is 2.36. The lowest BCUT2D eigenvalue weighted by Gasteiger charge is -2.20. The summed E-state index contributed by atoms with van der Waals surface area (Å²) in [6.07, 6.45) is 1.27. The van der Waals surface area contributed by atoms with Gasteiger partial charge in [-0.3, -0.25) is 9.59 Å². The highest BCUT2D eigenvalue weighted by molar-refractivity contribution is 6.01. The number of rotatable bonds is 9. The minimum Gasteiger partial charge on any atom is -0.497 e. The maximum absolute atomic E-state index is 12.4. The summed E-state index contributed by atoms with van der Waals surface area (Å²) in [5.74, 6) is 0.707. The van der Waals surface area contributed by atoms with Crippen LogP contribution in [0.5, 0.6) is 11.5 Å². The summed E-state index contributed by atoms with van der Waals surface area (Å²) >= 11 is 0. The van der Waals surface area contributed by atoms with Crippen molar-refractivity contribution in [3.05, 3.63) is 18.2 Å². The van der Waals surface area contributed by atoms with Gasteiger partial charge in [0.1, 0.15) is 11.5 Å². The Morgan fingerprint density at radius 2 is 2.04 bits per heavy atom. The van der Waals surface area contributed by atoms with E-state index in [1.807, 2.05) is 0 Å². The second-order valence-corrected chi connectivity index (χ2v) is 5.98. The van der Waals surface area contributed by atoms with E-state index >= 15 is 0 Å². The van der Waals surface area contributed by atoms with Crippen molar-refractivity contribution in [3.8, 4) is 11.5 Å². The number of benzene rings is 1. The predicted molar refractivity (Wildman–Crippen MR) is 96.2 cm³/mol. The Labute approximate surface area is 148 Å². The van der Waals surface area contributed by atoms with Gasteiger partial charge in [-0.05, 0) is 25.1 Å². The molecular formula is C18H27N3O4. The zero-order valence-electron chi connectivity index (χ0n) is 15.1. The van der Waals surface area contributed by atoms with Gasteiger partial charge in [0.05, 0.1) is 25.8 Å². The largest absolute Gasteiger partial charge is 0.497 e. The molecule has 1 heterocycles. The fourth-order valence-electron chi connectivity index (χ4n) is 2.84. The second kappa shape index (κ2) is 9.27. The molecular weight excluding hydrogens is 322 g/mol. The van der Waals surface area contributed by atoms with E-state index in [-0.39, 0.29) is 24.2 Å². The number of anilines is 1. The number of nitrogens with one attached hydrogen (secondary N) is 2. The van der Waals surface area contributed by atoms with E-state index in [0.717, 1.165) is 19.5 Å². The number of carbonyl (C=O) groups excluding carboxylic acids is 2. The molecule has 0 saturated carbocycles. The molecule has 1 aliphatic rings. The van der Waals surface area contributed by atoms with Crippen molar-refractivity contribution in [1.29, 1.82) is 0 Å². The number of carbonyl (C=O) groups is 2. The van der Waals surface area contributed by atoms with Crippen molar-refractivity contribution in [3.63, 3.8) is 0 Å². The molecule has 0 radical (unpaired) electrons. The Morgan fingerprint density at radius 3 is 2.72 bits per heavy atom. The third kappa shape index (κ3) is 4.85. The molecule has 1 aromatic carbocycles. The first-order valence-corrected chi connectivity index (χ1v) is 8.61. The minimum atomic E-state index is -0.342. The van der Waals surface area contributed by atoms with Gasteiger partial charge in [-0.15, -0.1) is 0 Å². The summed E-state index contributed by atoms with van der Waals surface area (Å²) in [5.41, 5.74) is 0.660. The maximum atomic E-state index is 12.4. The monoisotopic (exact) mass is 349 g/mol. The van der Waals surface area contributed by atoms with Crippen molar-refractivity contribution in [2.75, 3.05) is 45.3 Å². The molecule has 1 atom stereocenters. The van der Waals surface area contributed by atoms with E-state index in [0.29, 0.717) is 30.3 Å². The lowest BCUT2D eigenvalue weighted by Crippen LogP contribution is -2.37. The molecule has 1 aromatic rings. The van der Waals surface area contributed by atoms with Gasteiger partial charge in [-0.2, -0.15) is 0 Å². The van der Waals surface area contributed by atoms with Crippen molar-refractivity contribution in [2.24, 2.45) is 5.92 Å². The molecule has 2 N–H and O–H groups in total. The molecule has 0 aliphatic carbocycles. The summed E-state index contributed by atoms with van der Waals surface area (Å²) < 4.78 is 10.5. The van der Waals surface area contributed by atoms with Crippen molar-refractivity contribution < 1.29 is 19.1 Å². The molecule has 1 aliphatic heterocycles. The fourth-order valence-corrected chi connectivity index (χ4v) is 2.84. The molecule has 2 amide bonds. The van der Waals surface area contributed by atoms with E-state index < -0.39 is 0 Å². The Morgan fingerprint density at radius 1 is 1.24 bits per heavy atom. The average molecular weight is 349 g/mol. The highest BCUT2D eigenvalue weighted by atomic mass is 16.5. The van der Waals surface area contributed by atoms with Crippen molar-refractivity contribution in [1.82, 2.24) is 10.6 Å². The molecule has 7 nitrogen and oxygen atoms in total. The average Bonchev–Trinajstić information content (AvgIpc) is 3.02. The predicted octanol–water partition coefficient (Wildman–Crippen LogP) is 1.17. The maximum Gasteiger partial charge on any atom is 0.227 e. The Bertz CT molecular complexity index is 606. The van der Waals surface area contributed by atoms with Gasteiger partial charge >= 0.3 is 0 Å². The van der Waals surface area contributed by atoms with Crippen LogP contribution in [-0.2, 0) is 9.59 Å². The molecule has 0 aromatic heterocycles. The van der Waals surface area contributed by atoms with E-state index in [2.05, 4.69) is 17.6 Å². The first kappa shape index (κ1) is 19.1. The summed E-state index contributed by atoms with van der Waals surface area (Å²) in [4.78, 5) is 26.3. The van der Waals surface area contributed by atoms with Gasteiger partial charge in [-0.25, -0.2) is 0 Å². The second-order valence-electron chi connectivity index (χ2n) is 5.98. The molecule has 1 fully saturated rings. The zero-order chi connectivity index (χ0) is 18.2. The molecule has 138 valence electrons. The van der Waals surface area contributed by atoms with Crippen LogP contribution in [0, 0.1) is 5.92 Å². The Balaban J connectivity index is 1.97. The van der Waals surface area contributed by atoms with E-state index in [9.17, 15) is 9.59 Å². The van der Waals surface area contributed by atoms with Crippen LogP contribution >= 0.6 is 0 Å². The fraction of sp³-hybridized carbons (Fsp3) is 0.556. The molecule has 0 spiro atoms. The zero-order valence-corrected chi connectivity index (χ0v) is 15.1. The Hall–Kier alpha value is -2.28. The normalized spacial score (nSPS) is 16.8. The number of hydrogen-bond donors (Lipinski definition) is 2. The molecule has 1 unspecified atom stereocenters. The number of ether oxygens (including phenoxy) is 2. The summed E-state index contributed by atoms with van der Waals surface area (Å²) in [5, 5.41) is 6.12. The number of nitrogens with zero attached hydrogens (tertiary/aromatic N) is 1. The molecule has 1 saturated heterocycles. The van der Waals surface area contributed by atoms with Crippen LogP contribution in [-0.4, -0.2) is 52.2 Å². The summed E-state index contributed by atoms with van der Waals surface area (Å²) in [6.45, 7) is 4.68. The Kier molecular flexibility index (Phi) is 7.06. The number of amides is 2. The molecule has 0 bridgehead atoms. The van der Waals surface area contributed by atoms with Crippen LogP contribution in [0.4, 0.5) is 5.69 Å². The molecule has 2 rings (SSSR count). The van der Waals surface area contributed by atoms with Crippen LogP contribution in [0.2, 0.25) is 0 Å². The van der Waals surface area contributed by atoms with Gasteiger partial charge < -0.3 is 25.0 Å². The van der Waals surface area contributed by atoms with Gasteiger partial charge in [0.2, 0.25) is 11.8 Å². The van der Waals surface area contributed by atoms with Crippen LogP contribution in [0.1, 0.15) is 19.8 Å². The third-order valence-electron chi connectivity index (χ3n) is 4.20. The standard InChI is InChI=1S/C18H27N3O4/c1-4-7-19-8-9-20-18(23)13-10-17(22)21(12-13)15-6-5-14(24-2)11-16(15)25-3/h5-6,11,13,19H,4,7-10,12H2,1-3H3,(H,20,23). The van der Waals surface area contributed by atoms with Gasteiger partial charge in [0.25, 0.3) is 0 Å².